The van der Waals surface area contributed by atoms with Crippen molar-refractivity contribution in [2.45, 2.75) is 75.5 Å². The van der Waals surface area contributed by atoms with Crippen molar-refractivity contribution in [3.8, 4) is 23.2 Å². The lowest BCUT2D eigenvalue weighted by Crippen LogP contribution is -2.37. The molecule has 2 heterocycles. The summed E-state index contributed by atoms with van der Waals surface area (Å²) in [5.41, 5.74) is 1.16. The Morgan fingerprint density at radius 2 is 1.76 bits per heavy atom. The normalized spacial score (nSPS) is 20.9. The summed E-state index contributed by atoms with van der Waals surface area (Å²) in [6.07, 6.45) is 10.4. The fourth-order valence-electron chi connectivity index (χ4n) is 4.53. The molecule has 4 nitrogen and oxygen atoms in total. The van der Waals surface area contributed by atoms with E-state index in [9.17, 15) is 0 Å². The van der Waals surface area contributed by atoms with Gasteiger partial charge >= 0.3 is 0 Å². The van der Waals surface area contributed by atoms with Crippen molar-refractivity contribution < 1.29 is 0 Å². The van der Waals surface area contributed by atoms with Gasteiger partial charge in [-0.05, 0) is 39.2 Å². The molecule has 2 aliphatic rings. The van der Waals surface area contributed by atoms with Crippen molar-refractivity contribution in [3.05, 3.63) is 30.3 Å². The van der Waals surface area contributed by atoms with E-state index in [0.29, 0.717) is 12.1 Å². The van der Waals surface area contributed by atoms with E-state index in [2.05, 4.69) is 68.8 Å². The molecule has 2 aromatic rings. The fourth-order valence-corrected chi connectivity index (χ4v) is 5.31. The van der Waals surface area contributed by atoms with E-state index in [4.69, 9.17) is 0 Å². The molecule has 1 aromatic carbocycles. The molecular weight excluding hydrogens is 376 g/mol. The molecule has 0 N–H and O–H groups in total. The van der Waals surface area contributed by atoms with Gasteiger partial charge in [0, 0.05) is 17.6 Å². The van der Waals surface area contributed by atoms with Crippen molar-refractivity contribution in [2.24, 2.45) is 0 Å². The summed E-state index contributed by atoms with van der Waals surface area (Å²) < 4.78 is 2.40. The lowest BCUT2D eigenvalue weighted by atomic mass is 9.95. The van der Waals surface area contributed by atoms with Crippen LogP contribution < -0.4 is 0 Å². The van der Waals surface area contributed by atoms with E-state index in [0.717, 1.165) is 28.8 Å². The van der Waals surface area contributed by atoms with Gasteiger partial charge in [0.1, 0.15) is 0 Å². The zero-order valence-electron chi connectivity index (χ0n) is 17.5. The number of piperidine rings is 1. The number of likely N-dealkylation sites (tertiary alicyclic amines) is 1. The van der Waals surface area contributed by atoms with Gasteiger partial charge in [0.2, 0.25) is 0 Å². The molecule has 0 spiro atoms. The zero-order chi connectivity index (χ0) is 19.9. The first kappa shape index (κ1) is 20.5. The highest BCUT2D eigenvalue weighted by Gasteiger charge is 2.23. The summed E-state index contributed by atoms with van der Waals surface area (Å²) in [4.78, 5) is 2.51. The average Bonchev–Trinajstić information content (AvgIpc) is 3.20. The third kappa shape index (κ3) is 5.24. The summed E-state index contributed by atoms with van der Waals surface area (Å²) in [5.74, 6) is 8.55. The fraction of sp³-hybridized carbons (Fsp3) is 0.583. The highest BCUT2D eigenvalue weighted by atomic mass is 32.2. The van der Waals surface area contributed by atoms with Crippen molar-refractivity contribution in [2.75, 3.05) is 18.8 Å². The monoisotopic (exact) mass is 408 g/mol. The Hall–Kier alpha value is -1.77. The first-order valence-corrected chi connectivity index (χ1v) is 12.1. The standard InChI is InChI=1S/C24H32N4S/c1-20-12-8-9-17-27(20)18-10-11-19-29-24-26-25-23(21-13-4-2-5-14-21)28(24)22-15-6-3-7-16-22/h2,4-5,13-14,20,22H,3,6-9,12,15-19H2,1H3. The summed E-state index contributed by atoms with van der Waals surface area (Å²) in [5, 5.41) is 10.2. The molecule has 1 unspecified atom stereocenters. The van der Waals surface area contributed by atoms with Crippen LogP contribution in [0.5, 0.6) is 0 Å². The smallest absolute Gasteiger partial charge is 0.192 e. The second-order valence-electron chi connectivity index (χ2n) is 8.29. The topological polar surface area (TPSA) is 34.0 Å². The van der Waals surface area contributed by atoms with Gasteiger partial charge in [-0.15, -0.1) is 10.2 Å². The number of benzene rings is 1. The lowest BCUT2D eigenvalue weighted by molar-refractivity contribution is 0.182. The van der Waals surface area contributed by atoms with Crippen LogP contribution in [0.4, 0.5) is 0 Å². The van der Waals surface area contributed by atoms with Crippen LogP contribution in [0.15, 0.2) is 35.5 Å². The van der Waals surface area contributed by atoms with Gasteiger partial charge in [-0.25, -0.2) is 0 Å². The minimum atomic E-state index is 0.513. The molecular formula is C24H32N4S. The quantitative estimate of drug-likeness (QED) is 0.489. The Kier molecular flexibility index (Phi) is 7.29. The van der Waals surface area contributed by atoms with E-state index in [-0.39, 0.29) is 0 Å². The van der Waals surface area contributed by atoms with E-state index >= 15 is 0 Å². The number of hydrogen-bond donors (Lipinski definition) is 0. The van der Waals surface area contributed by atoms with Crippen LogP contribution in [0.1, 0.15) is 64.3 Å². The van der Waals surface area contributed by atoms with Crippen LogP contribution in [0.3, 0.4) is 0 Å². The van der Waals surface area contributed by atoms with Gasteiger partial charge in [-0.3, -0.25) is 9.47 Å². The van der Waals surface area contributed by atoms with Crippen molar-refractivity contribution in [1.29, 1.82) is 0 Å². The average molecular weight is 409 g/mol. The van der Waals surface area contributed by atoms with Crippen LogP contribution in [0.2, 0.25) is 0 Å². The summed E-state index contributed by atoms with van der Waals surface area (Å²) >= 11 is 1.74. The molecule has 5 heteroatoms. The van der Waals surface area contributed by atoms with Crippen molar-refractivity contribution >= 4 is 11.8 Å². The Morgan fingerprint density at radius 3 is 2.55 bits per heavy atom. The lowest BCUT2D eigenvalue weighted by Gasteiger charge is -2.31. The minimum absolute atomic E-state index is 0.513. The SMILES string of the molecule is CC1CCCCN1CC#CCSc1nnc(-c2ccccc2)n1C1CCCCC1. The molecule has 1 aliphatic carbocycles. The molecule has 29 heavy (non-hydrogen) atoms. The zero-order valence-corrected chi connectivity index (χ0v) is 18.3. The van der Waals surface area contributed by atoms with E-state index < -0.39 is 0 Å². The second kappa shape index (κ2) is 10.3. The van der Waals surface area contributed by atoms with E-state index in [1.165, 1.54) is 57.9 Å². The maximum atomic E-state index is 4.58. The van der Waals surface area contributed by atoms with Crippen LogP contribution in [0, 0.1) is 11.8 Å². The van der Waals surface area contributed by atoms with Crippen LogP contribution in [0.25, 0.3) is 11.4 Å². The predicted molar refractivity (Wildman–Crippen MR) is 121 cm³/mol. The van der Waals surface area contributed by atoms with Crippen LogP contribution in [-0.4, -0.2) is 44.5 Å². The first-order valence-electron chi connectivity index (χ1n) is 11.2. The molecule has 1 aromatic heterocycles. The van der Waals surface area contributed by atoms with Crippen LogP contribution >= 0.6 is 11.8 Å². The summed E-state index contributed by atoms with van der Waals surface area (Å²) in [7, 11) is 0. The molecule has 1 saturated carbocycles. The van der Waals surface area contributed by atoms with E-state index in [1.54, 1.807) is 11.8 Å². The Morgan fingerprint density at radius 1 is 0.966 bits per heavy atom. The van der Waals surface area contributed by atoms with Crippen molar-refractivity contribution in [1.82, 2.24) is 19.7 Å². The molecule has 154 valence electrons. The number of thioether (sulfide) groups is 1. The van der Waals surface area contributed by atoms with Gasteiger partial charge in [-0.2, -0.15) is 0 Å². The maximum absolute atomic E-state index is 4.58. The van der Waals surface area contributed by atoms with Gasteiger partial charge in [0.05, 0.1) is 12.3 Å². The first-order chi connectivity index (χ1) is 14.3. The van der Waals surface area contributed by atoms with E-state index in [1.807, 2.05) is 0 Å². The number of rotatable bonds is 5. The molecule has 0 amide bonds. The molecule has 1 atom stereocenters. The van der Waals surface area contributed by atoms with Gasteiger partial charge < -0.3 is 0 Å². The number of hydrogen-bond acceptors (Lipinski definition) is 4. The van der Waals surface area contributed by atoms with Gasteiger partial charge in [0.25, 0.3) is 0 Å². The molecule has 4 rings (SSSR count). The number of aromatic nitrogens is 3. The molecule has 0 radical (unpaired) electrons. The highest BCUT2D eigenvalue weighted by molar-refractivity contribution is 7.99. The maximum Gasteiger partial charge on any atom is 0.192 e. The Labute approximate surface area is 179 Å². The van der Waals surface area contributed by atoms with Crippen molar-refractivity contribution in [3.63, 3.8) is 0 Å². The predicted octanol–water partition coefficient (Wildman–Crippen LogP) is 5.42. The largest absolute Gasteiger partial charge is 0.299 e. The third-order valence-corrected chi connectivity index (χ3v) is 7.08. The second-order valence-corrected chi connectivity index (χ2v) is 9.23. The van der Waals surface area contributed by atoms with Gasteiger partial charge in [-0.1, -0.05) is 79.6 Å². The Bertz CT molecular complexity index is 830. The molecule has 1 saturated heterocycles. The Balaban J connectivity index is 1.44. The minimum Gasteiger partial charge on any atom is -0.299 e. The van der Waals surface area contributed by atoms with Gasteiger partial charge in [0.15, 0.2) is 11.0 Å². The molecule has 1 aliphatic heterocycles. The van der Waals surface area contributed by atoms with Crippen LogP contribution in [-0.2, 0) is 0 Å². The highest BCUT2D eigenvalue weighted by Crippen LogP contribution is 2.35. The third-order valence-electron chi connectivity index (χ3n) is 6.26. The summed E-state index contributed by atoms with van der Waals surface area (Å²) in [6, 6.07) is 11.7. The molecule has 0 bridgehead atoms. The molecule has 2 fully saturated rings. The summed E-state index contributed by atoms with van der Waals surface area (Å²) in [6.45, 7) is 4.42. The number of nitrogens with zero attached hydrogens (tertiary/aromatic N) is 4.